The quantitative estimate of drug-likeness (QED) is 0.871. The number of aryl methyl sites for hydroxylation is 1. The SMILES string of the molecule is COc1c(C2CCCN2)cc2c(c1Cl)CCC2. The summed E-state index contributed by atoms with van der Waals surface area (Å²) in [6, 6.07) is 2.74. The average molecular weight is 252 g/mol. The fourth-order valence-electron chi connectivity index (χ4n) is 3.11. The van der Waals surface area contributed by atoms with Crippen LogP contribution in [0.4, 0.5) is 0 Å². The van der Waals surface area contributed by atoms with Crippen LogP contribution in [0.25, 0.3) is 0 Å². The van der Waals surface area contributed by atoms with Crippen LogP contribution in [0, 0.1) is 0 Å². The van der Waals surface area contributed by atoms with E-state index in [4.69, 9.17) is 16.3 Å². The van der Waals surface area contributed by atoms with Gasteiger partial charge in [0.2, 0.25) is 0 Å². The maximum Gasteiger partial charge on any atom is 0.142 e. The van der Waals surface area contributed by atoms with Crippen molar-refractivity contribution in [3.63, 3.8) is 0 Å². The van der Waals surface area contributed by atoms with Gasteiger partial charge in [-0.15, -0.1) is 0 Å². The zero-order chi connectivity index (χ0) is 11.8. The van der Waals surface area contributed by atoms with Gasteiger partial charge in [0.25, 0.3) is 0 Å². The van der Waals surface area contributed by atoms with Crippen LogP contribution in [-0.2, 0) is 12.8 Å². The lowest BCUT2D eigenvalue weighted by Crippen LogP contribution is -2.14. The van der Waals surface area contributed by atoms with Gasteiger partial charge in [0, 0.05) is 11.6 Å². The maximum atomic E-state index is 6.49. The molecule has 3 heteroatoms. The van der Waals surface area contributed by atoms with Gasteiger partial charge in [0.1, 0.15) is 5.75 Å². The number of nitrogens with one attached hydrogen (secondary N) is 1. The highest BCUT2D eigenvalue weighted by molar-refractivity contribution is 6.33. The minimum absolute atomic E-state index is 0.424. The van der Waals surface area contributed by atoms with Crippen molar-refractivity contribution in [3.8, 4) is 5.75 Å². The van der Waals surface area contributed by atoms with Gasteiger partial charge in [-0.1, -0.05) is 17.7 Å². The molecule has 1 heterocycles. The highest BCUT2D eigenvalue weighted by atomic mass is 35.5. The molecule has 2 nitrogen and oxygen atoms in total. The standard InChI is InChI=1S/C14H18ClNO/c1-17-14-11(12-6-3-7-16-12)8-9-4-2-5-10(9)13(14)15/h8,12,16H,2-7H2,1H3. The number of hydrogen-bond acceptors (Lipinski definition) is 2. The third-order valence-electron chi connectivity index (χ3n) is 3.96. The van der Waals surface area contributed by atoms with Crippen LogP contribution in [0.1, 0.15) is 42.0 Å². The van der Waals surface area contributed by atoms with Crippen LogP contribution in [0.5, 0.6) is 5.75 Å². The summed E-state index contributed by atoms with van der Waals surface area (Å²) in [5.41, 5.74) is 4.00. The second kappa shape index (κ2) is 4.51. The Bertz CT molecular complexity index is 438. The molecule has 1 saturated heterocycles. The zero-order valence-electron chi connectivity index (χ0n) is 10.2. The number of ether oxygens (including phenoxy) is 1. The number of hydrogen-bond donors (Lipinski definition) is 1. The molecule has 0 radical (unpaired) electrons. The van der Waals surface area contributed by atoms with E-state index in [9.17, 15) is 0 Å². The summed E-state index contributed by atoms with van der Waals surface area (Å²) in [5, 5.41) is 4.38. The molecule has 3 rings (SSSR count). The van der Waals surface area contributed by atoms with Crippen molar-refractivity contribution in [2.24, 2.45) is 0 Å². The largest absolute Gasteiger partial charge is 0.495 e. The molecule has 1 aromatic rings. The molecule has 1 aromatic carbocycles. The molecule has 1 aliphatic carbocycles. The van der Waals surface area contributed by atoms with Gasteiger partial charge in [-0.3, -0.25) is 0 Å². The van der Waals surface area contributed by atoms with Crippen molar-refractivity contribution in [1.82, 2.24) is 5.32 Å². The van der Waals surface area contributed by atoms with Crippen LogP contribution in [-0.4, -0.2) is 13.7 Å². The van der Waals surface area contributed by atoms with Crippen molar-refractivity contribution in [1.29, 1.82) is 0 Å². The minimum atomic E-state index is 0.424. The Hall–Kier alpha value is -0.730. The van der Waals surface area contributed by atoms with E-state index in [0.717, 1.165) is 23.7 Å². The molecule has 17 heavy (non-hydrogen) atoms. The summed E-state index contributed by atoms with van der Waals surface area (Å²) < 4.78 is 5.54. The van der Waals surface area contributed by atoms with Crippen molar-refractivity contribution < 1.29 is 4.74 Å². The van der Waals surface area contributed by atoms with E-state index >= 15 is 0 Å². The lowest BCUT2D eigenvalue weighted by atomic mass is 9.98. The van der Waals surface area contributed by atoms with E-state index in [1.807, 2.05) is 0 Å². The fraction of sp³-hybridized carbons (Fsp3) is 0.571. The van der Waals surface area contributed by atoms with E-state index in [1.54, 1.807) is 7.11 Å². The number of rotatable bonds is 2. The van der Waals surface area contributed by atoms with Gasteiger partial charge in [0.05, 0.1) is 12.1 Å². The van der Waals surface area contributed by atoms with Crippen molar-refractivity contribution >= 4 is 11.6 Å². The number of benzene rings is 1. The molecule has 2 aliphatic rings. The first-order valence-electron chi connectivity index (χ1n) is 6.42. The summed E-state index contributed by atoms with van der Waals surface area (Å²) in [6.07, 6.45) is 5.91. The highest BCUT2D eigenvalue weighted by Crippen LogP contribution is 2.42. The van der Waals surface area contributed by atoms with Crippen LogP contribution < -0.4 is 10.1 Å². The molecule has 0 aromatic heterocycles. The van der Waals surface area contributed by atoms with Gasteiger partial charge in [-0.25, -0.2) is 0 Å². The first kappa shape index (κ1) is 11.4. The Balaban J connectivity index is 2.10. The topological polar surface area (TPSA) is 21.3 Å². The molecule has 1 atom stereocenters. The zero-order valence-corrected chi connectivity index (χ0v) is 10.9. The van der Waals surface area contributed by atoms with Crippen LogP contribution in [0.3, 0.4) is 0 Å². The molecule has 0 spiro atoms. The lowest BCUT2D eigenvalue weighted by Gasteiger charge is -2.19. The van der Waals surface area contributed by atoms with E-state index in [2.05, 4.69) is 11.4 Å². The normalized spacial score (nSPS) is 22.8. The van der Waals surface area contributed by atoms with Gasteiger partial charge in [-0.05, 0) is 49.8 Å². The Morgan fingerprint density at radius 1 is 1.35 bits per heavy atom. The lowest BCUT2D eigenvalue weighted by molar-refractivity contribution is 0.403. The molecular formula is C14H18ClNO. The van der Waals surface area contributed by atoms with E-state index in [0.29, 0.717) is 6.04 Å². The van der Waals surface area contributed by atoms with Crippen LogP contribution in [0.2, 0.25) is 5.02 Å². The second-order valence-electron chi connectivity index (χ2n) is 4.95. The molecule has 1 fully saturated rings. The number of methoxy groups -OCH3 is 1. The highest BCUT2D eigenvalue weighted by Gasteiger charge is 2.26. The third-order valence-corrected chi connectivity index (χ3v) is 4.36. The van der Waals surface area contributed by atoms with Crippen molar-refractivity contribution in [2.45, 2.75) is 38.1 Å². The van der Waals surface area contributed by atoms with Gasteiger partial charge in [0.15, 0.2) is 0 Å². The second-order valence-corrected chi connectivity index (χ2v) is 5.33. The van der Waals surface area contributed by atoms with Crippen LogP contribution >= 0.6 is 11.6 Å². The summed E-state index contributed by atoms with van der Waals surface area (Å²) in [4.78, 5) is 0. The molecule has 92 valence electrons. The van der Waals surface area contributed by atoms with Gasteiger partial charge >= 0.3 is 0 Å². The average Bonchev–Trinajstić information content (AvgIpc) is 2.99. The predicted molar refractivity (Wildman–Crippen MR) is 70.0 cm³/mol. The molecule has 1 aliphatic heterocycles. The van der Waals surface area contributed by atoms with Crippen molar-refractivity contribution in [2.75, 3.05) is 13.7 Å². The Morgan fingerprint density at radius 2 is 2.24 bits per heavy atom. The Morgan fingerprint density at radius 3 is 2.94 bits per heavy atom. The summed E-state index contributed by atoms with van der Waals surface area (Å²) >= 11 is 6.49. The van der Waals surface area contributed by atoms with Crippen LogP contribution in [0.15, 0.2) is 6.07 Å². The molecule has 0 amide bonds. The minimum Gasteiger partial charge on any atom is -0.495 e. The van der Waals surface area contributed by atoms with E-state index in [-0.39, 0.29) is 0 Å². The predicted octanol–water partition coefficient (Wildman–Crippen LogP) is 3.26. The van der Waals surface area contributed by atoms with Crippen molar-refractivity contribution in [3.05, 3.63) is 27.8 Å². The number of halogens is 1. The molecule has 1 N–H and O–H groups in total. The Labute approximate surface area is 107 Å². The van der Waals surface area contributed by atoms with E-state index < -0.39 is 0 Å². The Kier molecular flexibility index (Phi) is 3.01. The summed E-state index contributed by atoms with van der Waals surface area (Å²) in [6.45, 7) is 1.10. The first-order valence-corrected chi connectivity index (χ1v) is 6.80. The molecule has 0 saturated carbocycles. The van der Waals surface area contributed by atoms with Gasteiger partial charge < -0.3 is 10.1 Å². The fourth-order valence-corrected chi connectivity index (χ4v) is 3.51. The first-order chi connectivity index (χ1) is 8.31. The smallest absolute Gasteiger partial charge is 0.142 e. The number of fused-ring (bicyclic) bond motifs is 1. The molecular weight excluding hydrogens is 234 g/mol. The monoisotopic (exact) mass is 251 g/mol. The molecule has 0 bridgehead atoms. The summed E-state index contributed by atoms with van der Waals surface area (Å²) in [7, 11) is 1.72. The molecule has 1 unspecified atom stereocenters. The third kappa shape index (κ3) is 1.84. The van der Waals surface area contributed by atoms with E-state index in [1.165, 1.54) is 42.4 Å². The maximum absolute atomic E-state index is 6.49. The van der Waals surface area contributed by atoms with Gasteiger partial charge in [-0.2, -0.15) is 0 Å². The summed E-state index contributed by atoms with van der Waals surface area (Å²) in [5.74, 6) is 0.895.